The van der Waals surface area contributed by atoms with E-state index >= 15 is 0 Å². The first-order valence-corrected chi connectivity index (χ1v) is 8.23. The summed E-state index contributed by atoms with van der Waals surface area (Å²) in [6.45, 7) is -3.88. The van der Waals surface area contributed by atoms with Gasteiger partial charge in [-0.1, -0.05) is 29.3 Å². The summed E-state index contributed by atoms with van der Waals surface area (Å²) in [5.74, 6) is -0.565. The summed E-state index contributed by atoms with van der Waals surface area (Å²) in [5, 5.41) is 9.91. The molecule has 0 heterocycles. The molecule has 1 atom stereocenters. The van der Waals surface area contributed by atoms with Crippen molar-refractivity contribution in [1.82, 2.24) is 0 Å². The van der Waals surface area contributed by atoms with Crippen LogP contribution in [0, 0.1) is 17.2 Å². The van der Waals surface area contributed by atoms with Gasteiger partial charge in [0.05, 0.1) is 18.6 Å². The van der Waals surface area contributed by atoms with E-state index in [4.69, 9.17) is 38.3 Å². The van der Waals surface area contributed by atoms with E-state index in [-0.39, 0.29) is 6.61 Å². The SMILES string of the molecule is N#CC(COP(O)(O)=S)Cc1ccc(Cl)cc1Cl. The number of nitriles is 1. The third-order valence-electron chi connectivity index (χ3n) is 2.11. The van der Waals surface area contributed by atoms with Gasteiger partial charge in [0.15, 0.2) is 0 Å². The molecule has 0 bridgehead atoms. The Morgan fingerprint density at radius 3 is 2.61 bits per heavy atom. The van der Waals surface area contributed by atoms with Gasteiger partial charge in [0.25, 0.3) is 0 Å². The van der Waals surface area contributed by atoms with Crippen molar-refractivity contribution in [2.75, 3.05) is 6.61 Å². The normalized spacial score (nSPS) is 13.1. The molecule has 18 heavy (non-hydrogen) atoms. The highest BCUT2D eigenvalue weighted by atomic mass is 35.5. The number of benzene rings is 1. The standard InChI is InChI=1S/C10H10Cl2NO3PS/c11-9-2-1-8(10(12)4-9)3-7(5-13)6-16-17(14,15)18/h1-2,4,7H,3,6H2,(H2,14,15,18). The van der Waals surface area contributed by atoms with E-state index < -0.39 is 12.6 Å². The summed E-state index contributed by atoms with van der Waals surface area (Å²) in [6, 6.07) is 6.96. The van der Waals surface area contributed by atoms with E-state index in [9.17, 15) is 0 Å². The van der Waals surface area contributed by atoms with Gasteiger partial charge in [0.1, 0.15) is 0 Å². The van der Waals surface area contributed by atoms with Crippen molar-refractivity contribution in [2.24, 2.45) is 5.92 Å². The van der Waals surface area contributed by atoms with E-state index in [1.54, 1.807) is 18.2 Å². The van der Waals surface area contributed by atoms with Crippen molar-refractivity contribution in [3.63, 3.8) is 0 Å². The second-order valence-corrected chi connectivity index (χ2v) is 7.06. The molecule has 8 heteroatoms. The fraction of sp³-hybridized carbons (Fsp3) is 0.300. The molecule has 0 aromatic heterocycles. The molecule has 1 aromatic rings. The van der Waals surface area contributed by atoms with Gasteiger partial charge in [-0.15, -0.1) is 0 Å². The van der Waals surface area contributed by atoms with Gasteiger partial charge in [-0.2, -0.15) is 5.26 Å². The Balaban J connectivity index is 2.69. The molecular formula is C10H10Cl2NO3PS. The Morgan fingerprint density at radius 1 is 1.44 bits per heavy atom. The van der Waals surface area contributed by atoms with Crippen LogP contribution in [0.3, 0.4) is 0 Å². The smallest absolute Gasteiger partial charge is 0.321 e. The predicted molar refractivity (Wildman–Crippen MR) is 73.9 cm³/mol. The summed E-state index contributed by atoms with van der Waals surface area (Å²) in [6.07, 6.45) is 0.321. The van der Waals surface area contributed by atoms with E-state index in [0.717, 1.165) is 5.56 Å². The average molecular weight is 326 g/mol. The molecule has 0 aliphatic rings. The number of hydrogen-bond acceptors (Lipinski definition) is 3. The Labute approximate surface area is 120 Å². The van der Waals surface area contributed by atoms with Gasteiger partial charge in [-0.3, -0.25) is 0 Å². The Bertz CT molecular complexity index is 514. The van der Waals surface area contributed by atoms with Crippen LogP contribution in [0.5, 0.6) is 0 Å². The molecule has 2 N–H and O–H groups in total. The molecule has 0 saturated carbocycles. The zero-order valence-electron chi connectivity index (χ0n) is 9.08. The highest BCUT2D eigenvalue weighted by Gasteiger charge is 2.16. The second kappa shape index (κ2) is 6.83. The van der Waals surface area contributed by atoms with Crippen molar-refractivity contribution in [3.05, 3.63) is 33.8 Å². The zero-order chi connectivity index (χ0) is 13.8. The lowest BCUT2D eigenvalue weighted by Crippen LogP contribution is -2.10. The third-order valence-corrected chi connectivity index (χ3v) is 3.50. The first-order chi connectivity index (χ1) is 8.31. The molecule has 1 unspecified atom stereocenters. The zero-order valence-corrected chi connectivity index (χ0v) is 12.3. The minimum Gasteiger partial charge on any atom is -0.325 e. The molecule has 0 fully saturated rings. The maximum absolute atomic E-state index is 8.95. The highest BCUT2D eigenvalue weighted by molar-refractivity contribution is 8.06. The lowest BCUT2D eigenvalue weighted by Gasteiger charge is -2.13. The van der Waals surface area contributed by atoms with Gasteiger partial charge >= 0.3 is 6.72 Å². The largest absolute Gasteiger partial charge is 0.325 e. The molecular weight excluding hydrogens is 316 g/mol. The molecule has 0 saturated heterocycles. The quantitative estimate of drug-likeness (QED) is 0.814. The van der Waals surface area contributed by atoms with Crippen LogP contribution in [0.1, 0.15) is 5.56 Å². The molecule has 0 aliphatic heterocycles. The molecule has 98 valence electrons. The summed E-state index contributed by atoms with van der Waals surface area (Å²) in [7, 11) is 0. The van der Waals surface area contributed by atoms with Crippen LogP contribution in [-0.4, -0.2) is 16.4 Å². The fourth-order valence-electron chi connectivity index (χ4n) is 1.28. The fourth-order valence-corrected chi connectivity index (χ4v) is 2.32. The summed E-state index contributed by atoms with van der Waals surface area (Å²) < 4.78 is 4.66. The molecule has 4 nitrogen and oxygen atoms in total. The summed E-state index contributed by atoms with van der Waals surface area (Å²) >= 11 is 16.0. The Morgan fingerprint density at radius 2 is 2.11 bits per heavy atom. The lowest BCUT2D eigenvalue weighted by molar-refractivity contribution is 0.228. The maximum Gasteiger partial charge on any atom is 0.321 e. The number of hydrogen-bond donors (Lipinski definition) is 2. The van der Waals surface area contributed by atoms with Crippen molar-refractivity contribution >= 4 is 41.7 Å². The molecule has 1 aromatic carbocycles. The monoisotopic (exact) mass is 325 g/mol. The van der Waals surface area contributed by atoms with Crippen LogP contribution in [0.4, 0.5) is 0 Å². The van der Waals surface area contributed by atoms with Crippen LogP contribution < -0.4 is 0 Å². The van der Waals surface area contributed by atoms with Gasteiger partial charge in [0, 0.05) is 10.0 Å². The van der Waals surface area contributed by atoms with Crippen molar-refractivity contribution in [1.29, 1.82) is 5.26 Å². The molecule has 0 aliphatic carbocycles. The molecule has 0 amide bonds. The van der Waals surface area contributed by atoms with Gasteiger partial charge < -0.3 is 14.3 Å². The molecule has 0 spiro atoms. The van der Waals surface area contributed by atoms with Crippen LogP contribution in [0.2, 0.25) is 10.0 Å². The first-order valence-electron chi connectivity index (χ1n) is 4.85. The Hall–Kier alpha value is -0.180. The first kappa shape index (κ1) is 15.9. The van der Waals surface area contributed by atoms with Crippen LogP contribution in [-0.2, 0) is 22.8 Å². The molecule has 1 rings (SSSR count). The van der Waals surface area contributed by atoms with Crippen molar-refractivity contribution in [3.8, 4) is 6.07 Å². The maximum atomic E-state index is 8.95. The van der Waals surface area contributed by atoms with E-state index in [0.29, 0.717) is 16.5 Å². The van der Waals surface area contributed by atoms with Gasteiger partial charge in [0.2, 0.25) is 0 Å². The minimum atomic E-state index is -3.73. The number of halogens is 2. The Kier molecular flexibility index (Phi) is 6.03. The second-order valence-electron chi connectivity index (χ2n) is 3.55. The van der Waals surface area contributed by atoms with Gasteiger partial charge in [-0.05, 0) is 35.9 Å². The number of rotatable bonds is 5. The van der Waals surface area contributed by atoms with Crippen LogP contribution >= 0.6 is 29.9 Å². The topological polar surface area (TPSA) is 73.5 Å². The summed E-state index contributed by atoms with van der Waals surface area (Å²) in [4.78, 5) is 17.9. The van der Waals surface area contributed by atoms with Gasteiger partial charge in [-0.25, -0.2) is 0 Å². The number of nitrogens with zero attached hydrogens (tertiary/aromatic N) is 1. The minimum absolute atomic E-state index is 0.153. The predicted octanol–water partition coefficient (Wildman–Crippen LogP) is 2.90. The van der Waals surface area contributed by atoms with E-state index in [1.807, 2.05) is 6.07 Å². The highest BCUT2D eigenvalue weighted by Crippen LogP contribution is 2.37. The van der Waals surface area contributed by atoms with Crippen molar-refractivity contribution < 1.29 is 14.3 Å². The lowest BCUT2D eigenvalue weighted by atomic mass is 10.0. The molecule has 0 radical (unpaired) electrons. The third kappa shape index (κ3) is 5.64. The van der Waals surface area contributed by atoms with Crippen LogP contribution in [0.15, 0.2) is 18.2 Å². The van der Waals surface area contributed by atoms with Crippen LogP contribution in [0.25, 0.3) is 0 Å². The van der Waals surface area contributed by atoms with E-state index in [1.165, 1.54) is 0 Å². The van der Waals surface area contributed by atoms with E-state index in [2.05, 4.69) is 16.3 Å². The average Bonchev–Trinajstić information content (AvgIpc) is 2.25. The van der Waals surface area contributed by atoms with Crippen molar-refractivity contribution in [2.45, 2.75) is 6.42 Å². The summed E-state index contributed by atoms with van der Waals surface area (Å²) in [5.41, 5.74) is 0.736.